The molecule has 0 amide bonds. The lowest BCUT2D eigenvalue weighted by molar-refractivity contribution is 0.672. The fourth-order valence-electron chi connectivity index (χ4n) is 3.40. The van der Waals surface area contributed by atoms with Gasteiger partial charge in [-0.25, -0.2) is 0 Å². The first-order chi connectivity index (χ1) is 9.36. The molecule has 2 heteroatoms. The smallest absolute Gasteiger partial charge is 0.0726 e. The van der Waals surface area contributed by atoms with Gasteiger partial charge in [-0.15, -0.1) is 0 Å². The van der Waals surface area contributed by atoms with Gasteiger partial charge in [-0.3, -0.25) is 4.98 Å². The first-order valence-corrected chi connectivity index (χ1v) is 7.50. The van der Waals surface area contributed by atoms with Crippen molar-refractivity contribution in [2.75, 3.05) is 12.4 Å². The van der Waals surface area contributed by atoms with Crippen LogP contribution >= 0.6 is 0 Å². The molecule has 1 aromatic carbocycles. The fourth-order valence-corrected chi connectivity index (χ4v) is 3.40. The van der Waals surface area contributed by atoms with Crippen molar-refractivity contribution < 1.29 is 0 Å². The van der Waals surface area contributed by atoms with E-state index in [0.717, 1.165) is 17.9 Å². The second kappa shape index (κ2) is 4.22. The number of aromatic nitrogens is 1. The van der Waals surface area contributed by atoms with Gasteiger partial charge in [0.25, 0.3) is 0 Å². The van der Waals surface area contributed by atoms with Crippen LogP contribution < -0.4 is 5.32 Å². The highest BCUT2D eigenvalue weighted by molar-refractivity contribution is 5.94. The van der Waals surface area contributed by atoms with Crippen molar-refractivity contribution >= 4 is 16.6 Å². The quantitative estimate of drug-likeness (QED) is 0.872. The number of anilines is 1. The average Bonchev–Trinajstić information content (AvgIpc) is 3.28. The molecule has 2 aliphatic carbocycles. The first-order valence-electron chi connectivity index (χ1n) is 7.50. The normalized spacial score (nSPS) is 18.4. The van der Waals surface area contributed by atoms with Crippen molar-refractivity contribution in [3.05, 3.63) is 35.0 Å². The summed E-state index contributed by atoms with van der Waals surface area (Å²) in [5.41, 5.74) is 6.79. The third kappa shape index (κ3) is 1.81. The van der Waals surface area contributed by atoms with Gasteiger partial charge in [0.15, 0.2) is 0 Å². The number of hydrogen-bond donors (Lipinski definition) is 1. The standard InChI is InChI=1S/C17H20N2/c1-18-17-13-4-2-3-5-15(13)19-16-9-8-12(10-14(16)17)11-6-7-11/h8-11H,2-7H2,1H3,(H,18,19). The molecule has 0 aliphatic heterocycles. The van der Waals surface area contributed by atoms with Gasteiger partial charge in [-0.2, -0.15) is 0 Å². The summed E-state index contributed by atoms with van der Waals surface area (Å²) in [5, 5.41) is 4.77. The number of aryl methyl sites for hydroxylation is 1. The molecule has 0 radical (unpaired) electrons. The molecular weight excluding hydrogens is 232 g/mol. The Kier molecular flexibility index (Phi) is 2.51. The van der Waals surface area contributed by atoms with Crippen LogP contribution in [0.2, 0.25) is 0 Å². The molecule has 1 saturated carbocycles. The van der Waals surface area contributed by atoms with E-state index in [1.165, 1.54) is 60.0 Å². The summed E-state index contributed by atoms with van der Waals surface area (Å²) in [7, 11) is 2.05. The van der Waals surface area contributed by atoms with Crippen LogP contribution in [0.5, 0.6) is 0 Å². The number of pyridine rings is 1. The molecule has 4 rings (SSSR count). The lowest BCUT2D eigenvalue weighted by Gasteiger charge is -2.20. The molecule has 1 heterocycles. The van der Waals surface area contributed by atoms with Gasteiger partial charge in [0.1, 0.15) is 0 Å². The number of rotatable bonds is 2. The first kappa shape index (κ1) is 11.3. The zero-order chi connectivity index (χ0) is 12.8. The molecule has 0 spiro atoms. The fraction of sp³-hybridized carbons (Fsp3) is 0.471. The highest BCUT2D eigenvalue weighted by atomic mass is 14.9. The minimum Gasteiger partial charge on any atom is -0.387 e. The molecule has 2 aliphatic rings. The van der Waals surface area contributed by atoms with Crippen molar-refractivity contribution in [1.29, 1.82) is 0 Å². The summed E-state index contributed by atoms with van der Waals surface area (Å²) in [4.78, 5) is 4.91. The minimum atomic E-state index is 0.810. The summed E-state index contributed by atoms with van der Waals surface area (Å²) in [6.07, 6.45) is 7.63. The number of nitrogens with zero attached hydrogens (tertiary/aromatic N) is 1. The Balaban J connectivity index is 1.97. The summed E-state index contributed by atoms with van der Waals surface area (Å²) < 4.78 is 0. The monoisotopic (exact) mass is 252 g/mol. The van der Waals surface area contributed by atoms with E-state index in [2.05, 4.69) is 23.5 Å². The third-order valence-corrected chi connectivity index (χ3v) is 4.58. The lowest BCUT2D eigenvalue weighted by atomic mass is 9.92. The lowest BCUT2D eigenvalue weighted by Crippen LogP contribution is -2.09. The van der Waals surface area contributed by atoms with Crippen LogP contribution in [0.15, 0.2) is 18.2 Å². The van der Waals surface area contributed by atoms with E-state index in [-0.39, 0.29) is 0 Å². The van der Waals surface area contributed by atoms with Gasteiger partial charge in [0.05, 0.1) is 5.52 Å². The van der Waals surface area contributed by atoms with Crippen molar-refractivity contribution in [1.82, 2.24) is 4.98 Å². The molecule has 2 aromatic rings. The molecule has 0 bridgehead atoms. The van der Waals surface area contributed by atoms with Crippen LogP contribution in [-0.2, 0) is 12.8 Å². The van der Waals surface area contributed by atoms with Gasteiger partial charge in [-0.1, -0.05) is 6.07 Å². The Morgan fingerprint density at radius 2 is 2.00 bits per heavy atom. The average molecular weight is 252 g/mol. The SMILES string of the molecule is CNc1c2c(nc3ccc(C4CC4)cc13)CCCC2. The van der Waals surface area contributed by atoms with Gasteiger partial charge in [-0.05, 0) is 67.7 Å². The minimum absolute atomic E-state index is 0.810. The summed E-state index contributed by atoms with van der Waals surface area (Å²) >= 11 is 0. The van der Waals surface area contributed by atoms with Crippen molar-refractivity contribution in [3.63, 3.8) is 0 Å². The molecule has 0 unspecified atom stereocenters. The van der Waals surface area contributed by atoms with Crippen LogP contribution in [0.4, 0.5) is 5.69 Å². The Morgan fingerprint density at radius 3 is 2.79 bits per heavy atom. The molecule has 0 saturated heterocycles. The van der Waals surface area contributed by atoms with E-state index in [4.69, 9.17) is 4.98 Å². The Bertz CT molecular complexity index is 641. The van der Waals surface area contributed by atoms with Crippen LogP contribution in [0.25, 0.3) is 10.9 Å². The topological polar surface area (TPSA) is 24.9 Å². The molecular formula is C17H20N2. The van der Waals surface area contributed by atoms with Gasteiger partial charge >= 0.3 is 0 Å². The maximum atomic E-state index is 4.91. The number of nitrogens with one attached hydrogen (secondary N) is 1. The summed E-state index contributed by atoms with van der Waals surface area (Å²) in [6, 6.07) is 6.88. The van der Waals surface area contributed by atoms with Crippen molar-refractivity contribution in [2.45, 2.75) is 44.4 Å². The largest absolute Gasteiger partial charge is 0.387 e. The maximum absolute atomic E-state index is 4.91. The van der Waals surface area contributed by atoms with E-state index < -0.39 is 0 Å². The number of fused-ring (bicyclic) bond motifs is 2. The van der Waals surface area contributed by atoms with Crippen molar-refractivity contribution in [2.24, 2.45) is 0 Å². The zero-order valence-corrected chi connectivity index (χ0v) is 11.5. The van der Waals surface area contributed by atoms with Crippen LogP contribution in [0, 0.1) is 0 Å². The highest BCUT2D eigenvalue weighted by Gasteiger charge is 2.24. The highest BCUT2D eigenvalue weighted by Crippen LogP contribution is 2.42. The Hall–Kier alpha value is -1.57. The summed E-state index contributed by atoms with van der Waals surface area (Å²) in [6.45, 7) is 0. The Labute approximate surface area is 114 Å². The molecule has 1 fully saturated rings. The van der Waals surface area contributed by atoms with Crippen molar-refractivity contribution in [3.8, 4) is 0 Å². The molecule has 98 valence electrons. The Morgan fingerprint density at radius 1 is 1.16 bits per heavy atom. The number of benzene rings is 1. The van der Waals surface area contributed by atoms with E-state index in [0.29, 0.717) is 0 Å². The van der Waals surface area contributed by atoms with Crippen LogP contribution in [0.3, 0.4) is 0 Å². The van der Waals surface area contributed by atoms with E-state index in [1.807, 2.05) is 7.05 Å². The van der Waals surface area contributed by atoms with Gasteiger partial charge < -0.3 is 5.32 Å². The van der Waals surface area contributed by atoms with Gasteiger partial charge in [0, 0.05) is 23.8 Å². The van der Waals surface area contributed by atoms with Crippen LogP contribution in [-0.4, -0.2) is 12.0 Å². The maximum Gasteiger partial charge on any atom is 0.0726 e. The predicted molar refractivity (Wildman–Crippen MR) is 79.9 cm³/mol. The van der Waals surface area contributed by atoms with E-state index in [9.17, 15) is 0 Å². The molecule has 1 aromatic heterocycles. The second-order valence-electron chi connectivity index (χ2n) is 5.92. The predicted octanol–water partition coefficient (Wildman–Crippen LogP) is 4.03. The molecule has 19 heavy (non-hydrogen) atoms. The molecule has 0 atom stereocenters. The number of hydrogen-bond acceptors (Lipinski definition) is 2. The zero-order valence-electron chi connectivity index (χ0n) is 11.5. The third-order valence-electron chi connectivity index (χ3n) is 4.58. The van der Waals surface area contributed by atoms with E-state index >= 15 is 0 Å². The van der Waals surface area contributed by atoms with E-state index in [1.54, 1.807) is 0 Å². The second-order valence-corrected chi connectivity index (χ2v) is 5.92. The summed E-state index contributed by atoms with van der Waals surface area (Å²) in [5.74, 6) is 0.810. The van der Waals surface area contributed by atoms with Crippen LogP contribution in [0.1, 0.15) is 48.4 Å². The molecule has 1 N–H and O–H groups in total. The van der Waals surface area contributed by atoms with Gasteiger partial charge in [0.2, 0.25) is 0 Å². The molecule has 2 nitrogen and oxygen atoms in total.